The SMILES string of the molecule is CC(C)(C(=O)Nc1ccccc1C(=O)O)c1ccccc1. The van der Waals surface area contributed by atoms with Crippen molar-refractivity contribution in [3.05, 3.63) is 65.7 Å². The fraction of sp³-hybridized carbons (Fsp3) is 0.176. The largest absolute Gasteiger partial charge is 0.478 e. The summed E-state index contributed by atoms with van der Waals surface area (Å²) in [6.07, 6.45) is 0. The molecule has 0 aliphatic rings. The molecule has 0 fully saturated rings. The zero-order valence-corrected chi connectivity index (χ0v) is 12.0. The molecule has 0 unspecified atom stereocenters. The number of carbonyl (C=O) groups excluding carboxylic acids is 1. The molecule has 0 atom stereocenters. The Hall–Kier alpha value is -2.62. The molecule has 0 aromatic heterocycles. The van der Waals surface area contributed by atoms with Gasteiger partial charge in [-0.3, -0.25) is 4.79 Å². The van der Waals surface area contributed by atoms with E-state index in [-0.39, 0.29) is 11.5 Å². The molecule has 0 radical (unpaired) electrons. The smallest absolute Gasteiger partial charge is 0.337 e. The van der Waals surface area contributed by atoms with Crippen molar-refractivity contribution < 1.29 is 14.7 Å². The van der Waals surface area contributed by atoms with Gasteiger partial charge >= 0.3 is 5.97 Å². The van der Waals surface area contributed by atoms with Crippen molar-refractivity contribution in [1.82, 2.24) is 0 Å². The molecule has 4 heteroatoms. The maximum atomic E-state index is 12.5. The van der Waals surface area contributed by atoms with Crippen LogP contribution in [0.1, 0.15) is 29.8 Å². The van der Waals surface area contributed by atoms with Gasteiger partial charge in [0, 0.05) is 0 Å². The summed E-state index contributed by atoms with van der Waals surface area (Å²) in [5, 5.41) is 11.9. The van der Waals surface area contributed by atoms with E-state index >= 15 is 0 Å². The van der Waals surface area contributed by atoms with E-state index < -0.39 is 11.4 Å². The van der Waals surface area contributed by atoms with E-state index in [2.05, 4.69) is 5.32 Å². The van der Waals surface area contributed by atoms with E-state index in [0.717, 1.165) is 5.56 Å². The van der Waals surface area contributed by atoms with Crippen molar-refractivity contribution >= 4 is 17.6 Å². The summed E-state index contributed by atoms with van der Waals surface area (Å²) in [6, 6.07) is 15.8. The second-order valence-corrected chi connectivity index (χ2v) is 5.30. The number of aromatic carboxylic acids is 1. The highest BCUT2D eigenvalue weighted by Gasteiger charge is 2.30. The fourth-order valence-electron chi connectivity index (χ4n) is 2.04. The van der Waals surface area contributed by atoms with Crippen molar-refractivity contribution in [2.24, 2.45) is 0 Å². The number of hydrogen-bond donors (Lipinski definition) is 2. The molecule has 0 aliphatic heterocycles. The van der Waals surface area contributed by atoms with Gasteiger partial charge in [-0.2, -0.15) is 0 Å². The first kappa shape index (κ1) is 14.8. The number of para-hydroxylation sites is 1. The quantitative estimate of drug-likeness (QED) is 0.904. The van der Waals surface area contributed by atoms with Crippen LogP contribution in [-0.2, 0) is 10.2 Å². The molecule has 0 aliphatic carbocycles. The molecule has 0 saturated heterocycles. The minimum absolute atomic E-state index is 0.0784. The number of carboxylic acid groups (broad SMARTS) is 1. The highest BCUT2D eigenvalue weighted by molar-refractivity contribution is 6.03. The highest BCUT2D eigenvalue weighted by Crippen LogP contribution is 2.26. The minimum Gasteiger partial charge on any atom is -0.478 e. The summed E-state index contributed by atoms with van der Waals surface area (Å²) in [7, 11) is 0. The number of amides is 1. The maximum absolute atomic E-state index is 12.5. The summed E-state index contributed by atoms with van der Waals surface area (Å²) in [5.41, 5.74) is 0.497. The molecule has 0 heterocycles. The van der Waals surface area contributed by atoms with Crippen molar-refractivity contribution in [3.63, 3.8) is 0 Å². The van der Waals surface area contributed by atoms with Crippen molar-refractivity contribution in [3.8, 4) is 0 Å². The molecule has 21 heavy (non-hydrogen) atoms. The molecular weight excluding hydrogens is 266 g/mol. The number of rotatable bonds is 4. The van der Waals surface area contributed by atoms with Crippen LogP contribution >= 0.6 is 0 Å². The zero-order valence-electron chi connectivity index (χ0n) is 12.0. The molecule has 1 amide bonds. The third-order valence-electron chi connectivity index (χ3n) is 3.47. The van der Waals surface area contributed by atoms with E-state index in [0.29, 0.717) is 5.69 Å². The first-order chi connectivity index (χ1) is 9.93. The molecule has 108 valence electrons. The minimum atomic E-state index is -1.07. The Morgan fingerprint density at radius 2 is 1.52 bits per heavy atom. The van der Waals surface area contributed by atoms with Crippen LogP contribution < -0.4 is 5.32 Å². The zero-order chi connectivity index (χ0) is 15.5. The topological polar surface area (TPSA) is 66.4 Å². The van der Waals surface area contributed by atoms with Crippen LogP contribution in [-0.4, -0.2) is 17.0 Å². The van der Waals surface area contributed by atoms with Gasteiger partial charge in [-0.1, -0.05) is 42.5 Å². The van der Waals surface area contributed by atoms with Gasteiger partial charge in [-0.15, -0.1) is 0 Å². The summed E-state index contributed by atoms with van der Waals surface area (Å²) in [4.78, 5) is 23.7. The highest BCUT2D eigenvalue weighted by atomic mass is 16.4. The first-order valence-corrected chi connectivity index (χ1v) is 6.62. The van der Waals surface area contributed by atoms with E-state index in [1.165, 1.54) is 6.07 Å². The Balaban J connectivity index is 2.28. The van der Waals surface area contributed by atoms with Crippen LogP contribution in [0.4, 0.5) is 5.69 Å². The third kappa shape index (κ3) is 3.11. The van der Waals surface area contributed by atoms with E-state index in [9.17, 15) is 9.59 Å². The maximum Gasteiger partial charge on any atom is 0.337 e. The van der Waals surface area contributed by atoms with Gasteiger partial charge < -0.3 is 10.4 Å². The average molecular weight is 283 g/mol. The second-order valence-electron chi connectivity index (χ2n) is 5.30. The second kappa shape index (κ2) is 5.79. The molecular formula is C17H17NO3. The van der Waals surface area contributed by atoms with Gasteiger partial charge in [-0.25, -0.2) is 4.79 Å². The molecule has 2 aromatic rings. The Bertz CT molecular complexity index is 663. The number of anilines is 1. The Kier molecular flexibility index (Phi) is 4.08. The molecule has 2 aromatic carbocycles. The summed E-state index contributed by atoms with van der Waals surface area (Å²) in [6.45, 7) is 3.61. The van der Waals surface area contributed by atoms with Gasteiger partial charge in [0.1, 0.15) is 0 Å². The lowest BCUT2D eigenvalue weighted by Crippen LogP contribution is -2.35. The van der Waals surface area contributed by atoms with Crippen LogP contribution in [0.2, 0.25) is 0 Å². The van der Waals surface area contributed by atoms with E-state index in [1.54, 1.807) is 32.0 Å². The van der Waals surface area contributed by atoms with Gasteiger partial charge in [-0.05, 0) is 31.5 Å². The summed E-state index contributed by atoms with van der Waals surface area (Å²) in [5.74, 6) is -1.31. The monoisotopic (exact) mass is 283 g/mol. The van der Waals surface area contributed by atoms with Crippen molar-refractivity contribution in [2.75, 3.05) is 5.32 Å². The van der Waals surface area contributed by atoms with Crippen molar-refractivity contribution in [1.29, 1.82) is 0 Å². The number of carboxylic acids is 1. The molecule has 0 saturated carbocycles. The molecule has 2 N–H and O–H groups in total. The van der Waals surface area contributed by atoms with Crippen LogP contribution in [0.25, 0.3) is 0 Å². The Morgan fingerprint density at radius 3 is 2.14 bits per heavy atom. The summed E-state index contributed by atoms with van der Waals surface area (Å²) >= 11 is 0. The molecule has 0 bridgehead atoms. The van der Waals surface area contributed by atoms with Gasteiger partial charge in [0.25, 0.3) is 0 Å². The number of benzene rings is 2. The average Bonchev–Trinajstić information content (AvgIpc) is 2.48. The number of hydrogen-bond acceptors (Lipinski definition) is 2. The predicted molar refractivity (Wildman–Crippen MR) is 81.5 cm³/mol. The van der Waals surface area contributed by atoms with Crippen LogP contribution in [0.5, 0.6) is 0 Å². The van der Waals surface area contributed by atoms with Crippen molar-refractivity contribution in [2.45, 2.75) is 19.3 Å². The van der Waals surface area contributed by atoms with Crippen LogP contribution in [0.3, 0.4) is 0 Å². The Morgan fingerprint density at radius 1 is 0.952 bits per heavy atom. The van der Waals surface area contributed by atoms with Gasteiger partial charge in [0.15, 0.2) is 0 Å². The molecule has 2 rings (SSSR count). The van der Waals surface area contributed by atoms with Gasteiger partial charge in [0.05, 0.1) is 16.7 Å². The number of carbonyl (C=O) groups is 2. The standard InChI is InChI=1S/C17H17NO3/c1-17(2,12-8-4-3-5-9-12)16(21)18-14-11-7-6-10-13(14)15(19)20/h3-11H,1-2H3,(H,18,21)(H,19,20). The lowest BCUT2D eigenvalue weighted by Gasteiger charge is -2.24. The normalized spacial score (nSPS) is 11.0. The lowest BCUT2D eigenvalue weighted by molar-refractivity contribution is -0.120. The first-order valence-electron chi connectivity index (χ1n) is 6.62. The van der Waals surface area contributed by atoms with Gasteiger partial charge in [0.2, 0.25) is 5.91 Å². The van der Waals surface area contributed by atoms with Crippen LogP contribution in [0.15, 0.2) is 54.6 Å². The third-order valence-corrected chi connectivity index (χ3v) is 3.47. The fourth-order valence-corrected chi connectivity index (χ4v) is 2.04. The van der Waals surface area contributed by atoms with Crippen LogP contribution in [0, 0.1) is 0 Å². The predicted octanol–water partition coefficient (Wildman–Crippen LogP) is 3.30. The number of nitrogens with one attached hydrogen (secondary N) is 1. The lowest BCUT2D eigenvalue weighted by atomic mass is 9.83. The Labute approximate surface area is 123 Å². The summed E-state index contributed by atoms with van der Waals surface area (Å²) < 4.78 is 0. The van der Waals surface area contributed by atoms with E-state index in [1.807, 2.05) is 30.3 Å². The molecule has 0 spiro atoms. The molecule has 4 nitrogen and oxygen atoms in total. The van der Waals surface area contributed by atoms with E-state index in [4.69, 9.17) is 5.11 Å².